The molecule has 108 valence electrons. The fraction of sp³-hybridized carbons (Fsp3) is 0.188. The maximum absolute atomic E-state index is 13.8. The fourth-order valence-corrected chi connectivity index (χ4v) is 2.50. The van der Waals surface area contributed by atoms with Crippen molar-refractivity contribution in [3.8, 4) is 5.75 Å². The molecule has 3 N–H and O–H groups in total. The van der Waals surface area contributed by atoms with Crippen molar-refractivity contribution in [3.63, 3.8) is 0 Å². The zero-order valence-corrected chi connectivity index (χ0v) is 11.3. The Bertz CT molecular complexity index is 667. The lowest BCUT2D eigenvalue weighted by molar-refractivity contribution is -0.118. The topological polar surface area (TPSA) is 64.3 Å². The van der Waals surface area contributed by atoms with Crippen LogP contribution in [0.3, 0.4) is 0 Å². The molecule has 3 rings (SSSR count). The molecule has 5 heteroatoms. The summed E-state index contributed by atoms with van der Waals surface area (Å²) < 4.78 is 19.3. The Morgan fingerprint density at radius 3 is 2.86 bits per heavy atom. The summed E-state index contributed by atoms with van der Waals surface area (Å²) in [5, 5.41) is 2.59. The number of benzene rings is 2. The highest BCUT2D eigenvalue weighted by atomic mass is 19.1. The first-order valence-electron chi connectivity index (χ1n) is 6.73. The average Bonchev–Trinajstić information content (AvgIpc) is 2.50. The second-order valence-electron chi connectivity index (χ2n) is 4.92. The molecule has 0 spiro atoms. The molecule has 4 nitrogen and oxygen atoms in total. The molecule has 1 amide bonds. The lowest BCUT2D eigenvalue weighted by Crippen LogP contribution is -2.27. The molecule has 1 aliphatic heterocycles. The van der Waals surface area contributed by atoms with Crippen LogP contribution in [0.25, 0.3) is 0 Å². The van der Waals surface area contributed by atoms with Gasteiger partial charge in [-0.3, -0.25) is 4.79 Å². The normalized spacial score (nSPS) is 16.7. The number of nitrogens with one attached hydrogen (secondary N) is 1. The Hall–Kier alpha value is -2.56. The van der Waals surface area contributed by atoms with Gasteiger partial charge in [0.15, 0.2) is 0 Å². The summed E-state index contributed by atoms with van der Waals surface area (Å²) in [5.74, 6) is -0.481. The van der Waals surface area contributed by atoms with E-state index in [4.69, 9.17) is 10.5 Å². The van der Waals surface area contributed by atoms with E-state index in [9.17, 15) is 9.18 Å². The third-order valence-corrected chi connectivity index (χ3v) is 3.57. The molecule has 0 aliphatic carbocycles. The zero-order valence-electron chi connectivity index (χ0n) is 11.3. The van der Waals surface area contributed by atoms with Gasteiger partial charge in [-0.25, -0.2) is 4.39 Å². The van der Waals surface area contributed by atoms with Crippen LogP contribution in [-0.4, -0.2) is 12.5 Å². The number of hydrogen-bond donors (Lipinski definition) is 2. The van der Waals surface area contributed by atoms with E-state index >= 15 is 0 Å². The third-order valence-electron chi connectivity index (χ3n) is 3.57. The van der Waals surface area contributed by atoms with E-state index in [0.717, 1.165) is 5.56 Å². The van der Waals surface area contributed by atoms with Crippen molar-refractivity contribution in [3.05, 3.63) is 53.8 Å². The van der Waals surface area contributed by atoms with Crippen molar-refractivity contribution in [2.24, 2.45) is 0 Å². The standard InChI is InChI=1S/C16H15FN2O2/c17-12-5-3-6-13(18)15(12)19-16(20)11-8-9-21-14-7-2-1-4-10(11)14/h1-7,11H,8-9,18H2,(H,19,20). The number of hydrogen-bond acceptors (Lipinski definition) is 3. The Morgan fingerprint density at radius 1 is 1.24 bits per heavy atom. The van der Waals surface area contributed by atoms with Crippen molar-refractivity contribution in [2.75, 3.05) is 17.7 Å². The Kier molecular flexibility index (Phi) is 3.48. The van der Waals surface area contributed by atoms with Gasteiger partial charge in [0.05, 0.1) is 18.2 Å². The molecule has 0 aromatic heterocycles. The molecule has 0 bridgehead atoms. The minimum absolute atomic E-state index is 0.0338. The molecule has 1 aliphatic rings. The van der Waals surface area contributed by atoms with Crippen LogP contribution in [0.1, 0.15) is 17.9 Å². The lowest BCUT2D eigenvalue weighted by Gasteiger charge is -2.25. The maximum atomic E-state index is 13.8. The van der Waals surface area contributed by atoms with Crippen molar-refractivity contribution in [2.45, 2.75) is 12.3 Å². The summed E-state index contributed by atoms with van der Waals surface area (Å²) in [6, 6.07) is 11.7. The van der Waals surface area contributed by atoms with Crippen LogP contribution in [0.2, 0.25) is 0 Å². The molecule has 1 heterocycles. The van der Waals surface area contributed by atoms with Crippen molar-refractivity contribution < 1.29 is 13.9 Å². The predicted octanol–water partition coefficient (Wildman–Crippen LogP) is 2.91. The van der Waals surface area contributed by atoms with Gasteiger partial charge < -0.3 is 15.8 Å². The number of ether oxygens (including phenoxy) is 1. The first-order chi connectivity index (χ1) is 10.2. The van der Waals surface area contributed by atoms with Gasteiger partial charge in [-0.15, -0.1) is 0 Å². The highest BCUT2D eigenvalue weighted by Crippen LogP contribution is 2.34. The zero-order chi connectivity index (χ0) is 14.8. The Balaban J connectivity index is 1.87. The smallest absolute Gasteiger partial charge is 0.232 e. The SMILES string of the molecule is Nc1cccc(F)c1NC(=O)C1CCOc2ccccc21. The first kappa shape index (κ1) is 13.4. The summed E-state index contributed by atoms with van der Waals surface area (Å²) in [7, 11) is 0. The average molecular weight is 286 g/mol. The van der Waals surface area contributed by atoms with E-state index in [1.807, 2.05) is 24.3 Å². The summed E-state index contributed by atoms with van der Waals surface area (Å²) in [5.41, 5.74) is 6.78. The second-order valence-corrected chi connectivity index (χ2v) is 4.92. The number of halogens is 1. The van der Waals surface area contributed by atoms with E-state index in [-0.39, 0.29) is 23.2 Å². The molecular formula is C16H15FN2O2. The number of anilines is 2. The molecule has 1 unspecified atom stereocenters. The van der Waals surface area contributed by atoms with Gasteiger partial charge in [0, 0.05) is 5.56 Å². The molecule has 0 radical (unpaired) electrons. The lowest BCUT2D eigenvalue weighted by atomic mass is 9.92. The van der Waals surface area contributed by atoms with Crippen LogP contribution in [0, 0.1) is 5.82 Å². The number of carbonyl (C=O) groups excluding carboxylic acids is 1. The van der Waals surface area contributed by atoms with Crippen LogP contribution < -0.4 is 15.8 Å². The largest absolute Gasteiger partial charge is 0.493 e. The van der Waals surface area contributed by atoms with Gasteiger partial charge in [0.1, 0.15) is 17.3 Å². The monoisotopic (exact) mass is 286 g/mol. The van der Waals surface area contributed by atoms with Crippen molar-refractivity contribution >= 4 is 17.3 Å². The number of rotatable bonds is 2. The van der Waals surface area contributed by atoms with E-state index in [1.54, 1.807) is 6.07 Å². The van der Waals surface area contributed by atoms with Crippen LogP contribution in [-0.2, 0) is 4.79 Å². The van der Waals surface area contributed by atoms with Gasteiger partial charge in [-0.05, 0) is 24.6 Å². The molecule has 21 heavy (non-hydrogen) atoms. The van der Waals surface area contributed by atoms with Crippen LogP contribution in [0.5, 0.6) is 5.75 Å². The van der Waals surface area contributed by atoms with E-state index in [2.05, 4.69) is 5.32 Å². The van der Waals surface area contributed by atoms with Crippen molar-refractivity contribution in [1.29, 1.82) is 0 Å². The summed E-state index contributed by atoms with van der Waals surface area (Å²) in [6.45, 7) is 0.460. The fourth-order valence-electron chi connectivity index (χ4n) is 2.50. The molecule has 2 aromatic rings. The van der Waals surface area contributed by atoms with Crippen LogP contribution in [0.4, 0.5) is 15.8 Å². The summed E-state index contributed by atoms with van der Waals surface area (Å²) in [6.07, 6.45) is 0.553. The molecule has 1 atom stereocenters. The number of amides is 1. The highest BCUT2D eigenvalue weighted by Gasteiger charge is 2.28. The quantitative estimate of drug-likeness (QED) is 0.834. The summed E-state index contributed by atoms with van der Waals surface area (Å²) >= 11 is 0. The Morgan fingerprint density at radius 2 is 2.05 bits per heavy atom. The number of fused-ring (bicyclic) bond motifs is 1. The number of nitrogen functional groups attached to an aromatic ring is 1. The molecule has 2 aromatic carbocycles. The number of carbonyl (C=O) groups is 1. The second kappa shape index (κ2) is 5.44. The molecule has 0 fully saturated rings. The minimum Gasteiger partial charge on any atom is -0.493 e. The van der Waals surface area contributed by atoms with E-state index < -0.39 is 5.82 Å². The molecule has 0 saturated carbocycles. The Labute approximate surface area is 121 Å². The van der Waals surface area contributed by atoms with Crippen LogP contribution >= 0.6 is 0 Å². The highest BCUT2D eigenvalue weighted by molar-refractivity contribution is 5.98. The first-order valence-corrected chi connectivity index (χ1v) is 6.73. The van der Waals surface area contributed by atoms with Gasteiger partial charge in [0.25, 0.3) is 0 Å². The van der Waals surface area contributed by atoms with Gasteiger partial charge in [-0.2, -0.15) is 0 Å². The van der Waals surface area contributed by atoms with Crippen LogP contribution in [0.15, 0.2) is 42.5 Å². The molecular weight excluding hydrogens is 271 g/mol. The summed E-state index contributed by atoms with van der Waals surface area (Å²) in [4.78, 5) is 12.4. The van der Waals surface area contributed by atoms with Gasteiger partial charge in [0.2, 0.25) is 5.91 Å². The molecule has 0 saturated heterocycles. The predicted molar refractivity (Wildman–Crippen MR) is 78.7 cm³/mol. The number of para-hydroxylation sites is 2. The van der Waals surface area contributed by atoms with Crippen molar-refractivity contribution in [1.82, 2.24) is 0 Å². The maximum Gasteiger partial charge on any atom is 0.232 e. The third kappa shape index (κ3) is 2.54. The minimum atomic E-state index is -0.538. The van der Waals surface area contributed by atoms with E-state index in [1.165, 1.54) is 12.1 Å². The van der Waals surface area contributed by atoms with Gasteiger partial charge >= 0.3 is 0 Å². The van der Waals surface area contributed by atoms with Gasteiger partial charge in [-0.1, -0.05) is 24.3 Å². The number of nitrogens with two attached hydrogens (primary N) is 1. The van der Waals surface area contributed by atoms with E-state index in [0.29, 0.717) is 18.8 Å².